The van der Waals surface area contributed by atoms with Gasteiger partial charge in [-0.05, 0) is 50.9 Å². The highest BCUT2D eigenvalue weighted by molar-refractivity contribution is 6.34. The molecule has 0 aliphatic carbocycles. The number of aromatic nitrogens is 2. The van der Waals surface area contributed by atoms with Crippen LogP contribution in [0.1, 0.15) is 25.3 Å². The quantitative estimate of drug-likeness (QED) is 0.749. The van der Waals surface area contributed by atoms with E-state index in [9.17, 15) is 10.1 Å². The summed E-state index contributed by atoms with van der Waals surface area (Å²) >= 11 is 6.34. The zero-order valence-electron chi connectivity index (χ0n) is 13.6. The van der Waals surface area contributed by atoms with Gasteiger partial charge in [-0.3, -0.25) is 0 Å². The van der Waals surface area contributed by atoms with Crippen molar-refractivity contribution in [3.05, 3.63) is 33.3 Å². The second kappa shape index (κ2) is 8.39. The van der Waals surface area contributed by atoms with Gasteiger partial charge in [0.2, 0.25) is 5.89 Å². The minimum atomic E-state index is -0.643. The standard InChI is InChI=1S/C16H18ClN5O2.ClH/c1-9(10-2-4-19-5-3-10)20-13-7-11(6-12(8-18)14(13)17)15-21-22-16(23)24-15;/h6-7,9-10,19-20H,2-5H2,1H3,(H,22,23);1H/t9-;/m0./s1. The van der Waals surface area contributed by atoms with Crippen molar-refractivity contribution in [1.82, 2.24) is 15.5 Å². The van der Waals surface area contributed by atoms with E-state index in [-0.39, 0.29) is 24.3 Å². The SMILES string of the molecule is C[C@H](Nc1cc(-c2n[nH]c(=O)o2)cc(C#N)c1Cl)C1CCNCC1.Cl. The summed E-state index contributed by atoms with van der Waals surface area (Å²) in [6.45, 7) is 4.12. The van der Waals surface area contributed by atoms with Crippen molar-refractivity contribution in [1.29, 1.82) is 5.26 Å². The number of rotatable bonds is 4. The maximum atomic E-state index is 11.2. The summed E-state index contributed by atoms with van der Waals surface area (Å²) in [7, 11) is 0. The first-order chi connectivity index (χ1) is 11.6. The summed E-state index contributed by atoms with van der Waals surface area (Å²) in [5, 5.41) is 22.4. The van der Waals surface area contributed by atoms with Crippen molar-refractivity contribution in [3.63, 3.8) is 0 Å². The van der Waals surface area contributed by atoms with Crippen LogP contribution >= 0.6 is 24.0 Å². The Morgan fingerprint density at radius 2 is 2.16 bits per heavy atom. The Bertz CT molecular complexity index is 821. The number of piperidine rings is 1. The highest BCUT2D eigenvalue weighted by Crippen LogP contribution is 2.33. The highest BCUT2D eigenvalue weighted by Gasteiger charge is 2.21. The lowest BCUT2D eigenvalue weighted by Gasteiger charge is -2.30. The van der Waals surface area contributed by atoms with Crippen molar-refractivity contribution in [2.45, 2.75) is 25.8 Å². The average molecular weight is 384 g/mol. The Balaban J connectivity index is 0.00000225. The molecule has 2 heterocycles. The molecule has 0 radical (unpaired) electrons. The summed E-state index contributed by atoms with van der Waals surface area (Å²) in [6.07, 6.45) is 2.18. The van der Waals surface area contributed by atoms with E-state index in [4.69, 9.17) is 16.0 Å². The third-order valence-corrected chi connectivity index (χ3v) is 4.76. The smallest absolute Gasteiger partial charge is 0.388 e. The van der Waals surface area contributed by atoms with E-state index in [1.54, 1.807) is 12.1 Å². The van der Waals surface area contributed by atoms with Gasteiger partial charge in [-0.25, -0.2) is 9.89 Å². The molecule has 0 bridgehead atoms. The molecule has 7 nitrogen and oxygen atoms in total. The summed E-state index contributed by atoms with van der Waals surface area (Å²) in [5.74, 6) is 0.0154. The topological polar surface area (TPSA) is 107 Å². The van der Waals surface area contributed by atoms with Gasteiger partial charge in [-0.1, -0.05) is 11.6 Å². The van der Waals surface area contributed by atoms with Gasteiger partial charge in [0.15, 0.2) is 0 Å². The molecule has 25 heavy (non-hydrogen) atoms. The molecule has 1 aliphatic heterocycles. The van der Waals surface area contributed by atoms with Crippen LogP contribution < -0.4 is 16.4 Å². The molecule has 134 valence electrons. The van der Waals surface area contributed by atoms with Gasteiger partial charge >= 0.3 is 5.76 Å². The van der Waals surface area contributed by atoms with E-state index in [1.807, 2.05) is 0 Å². The fourth-order valence-electron chi connectivity index (χ4n) is 3.00. The number of halogens is 2. The first-order valence-corrected chi connectivity index (χ1v) is 8.23. The van der Waals surface area contributed by atoms with E-state index in [0.29, 0.717) is 27.8 Å². The molecule has 0 spiro atoms. The van der Waals surface area contributed by atoms with Crippen LogP contribution in [0.4, 0.5) is 5.69 Å². The molecule has 1 aromatic carbocycles. The number of nitriles is 1. The third-order valence-electron chi connectivity index (χ3n) is 4.35. The van der Waals surface area contributed by atoms with E-state index in [1.165, 1.54) is 0 Å². The van der Waals surface area contributed by atoms with E-state index in [0.717, 1.165) is 25.9 Å². The molecule has 0 amide bonds. The zero-order chi connectivity index (χ0) is 17.1. The second-order valence-corrected chi connectivity index (χ2v) is 6.31. The summed E-state index contributed by atoms with van der Waals surface area (Å²) in [6, 6.07) is 5.58. The average Bonchev–Trinajstić information content (AvgIpc) is 3.04. The Labute approximate surface area is 156 Å². The Morgan fingerprint density at radius 3 is 2.76 bits per heavy atom. The van der Waals surface area contributed by atoms with Gasteiger partial charge in [-0.15, -0.1) is 17.5 Å². The summed E-state index contributed by atoms with van der Waals surface area (Å²) in [4.78, 5) is 11.2. The van der Waals surface area contributed by atoms with Crippen LogP contribution in [-0.4, -0.2) is 29.3 Å². The molecule has 2 aromatic rings. The maximum Gasteiger partial charge on any atom is 0.434 e. The highest BCUT2D eigenvalue weighted by atomic mass is 35.5. The van der Waals surface area contributed by atoms with Gasteiger partial charge < -0.3 is 15.1 Å². The molecule has 1 fully saturated rings. The minimum Gasteiger partial charge on any atom is -0.388 e. The number of benzene rings is 1. The first kappa shape index (κ1) is 19.3. The van der Waals surface area contributed by atoms with Gasteiger partial charge in [0.25, 0.3) is 0 Å². The van der Waals surface area contributed by atoms with Gasteiger partial charge in [0, 0.05) is 11.6 Å². The number of nitrogens with zero attached hydrogens (tertiary/aromatic N) is 2. The fraction of sp³-hybridized carbons (Fsp3) is 0.438. The number of aromatic amines is 1. The summed E-state index contributed by atoms with van der Waals surface area (Å²) in [5.41, 5.74) is 1.47. The molecule has 1 saturated heterocycles. The van der Waals surface area contributed by atoms with E-state index in [2.05, 4.69) is 33.8 Å². The predicted molar refractivity (Wildman–Crippen MR) is 98.2 cm³/mol. The van der Waals surface area contributed by atoms with E-state index < -0.39 is 5.76 Å². The number of H-pyrrole nitrogens is 1. The second-order valence-electron chi connectivity index (χ2n) is 5.94. The predicted octanol–water partition coefficient (Wildman–Crippen LogP) is 2.78. The fourth-order valence-corrected chi connectivity index (χ4v) is 3.20. The minimum absolute atomic E-state index is 0. The van der Waals surface area contributed by atoms with Crippen molar-refractivity contribution in [2.75, 3.05) is 18.4 Å². The Morgan fingerprint density at radius 1 is 1.44 bits per heavy atom. The Hall–Kier alpha value is -2.01. The van der Waals surface area contributed by atoms with Crippen LogP contribution in [-0.2, 0) is 0 Å². The molecular weight excluding hydrogens is 365 g/mol. The number of hydrogen-bond donors (Lipinski definition) is 3. The first-order valence-electron chi connectivity index (χ1n) is 7.85. The molecule has 3 rings (SSSR count). The van der Waals surface area contributed by atoms with Crippen molar-refractivity contribution < 1.29 is 4.42 Å². The molecule has 1 aromatic heterocycles. The van der Waals surface area contributed by atoms with Crippen LogP contribution in [0.25, 0.3) is 11.5 Å². The molecule has 0 unspecified atom stereocenters. The van der Waals surface area contributed by atoms with Crippen LogP contribution in [0, 0.1) is 17.2 Å². The monoisotopic (exact) mass is 383 g/mol. The molecule has 3 N–H and O–H groups in total. The van der Waals surface area contributed by atoms with Crippen LogP contribution in [0.5, 0.6) is 0 Å². The van der Waals surface area contributed by atoms with Crippen LogP contribution in [0.15, 0.2) is 21.3 Å². The summed E-state index contributed by atoms with van der Waals surface area (Å²) < 4.78 is 4.97. The van der Waals surface area contributed by atoms with Gasteiger partial charge in [0.05, 0.1) is 16.3 Å². The molecule has 1 aliphatic rings. The lowest BCUT2D eigenvalue weighted by Crippen LogP contribution is -2.36. The van der Waals surface area contributed by atoms with Crippen molar-refractivity contribution >= 4 is 29.7 Å². The van der Waals surface area contributed by atoms with Crippen molar-refractivity contribution in [2.24, 2.45) is 5.92 Å². The number of nitrogens with one attached hydrogen (secondary N) is 3. The molecule has 9 heteroatoms. The lowest BCUT2D eigenvalue weighted by molar-refractivity contribution is 0.343. The van der Waals surface area contributed by atoms with Gasteiger partial charge in [-0.2, -0.15) is 5.26 Å². The normalized spacial score (nSPS) is 15.9. The van der Waals surface area contributed by atoms with Crippen molar-refractivity contribution in [3.8, 4) is 17.5 Å². The van der Waals surface area contributed by atoms with Crippen LogP contribution in [0.2, 0.25) is 5.02 Å². The number of hydrogen-bond acceptors (Lipinski definition) is 6. The molecule has 0 saturated carbocycles. The lowest BCUT2D eigenvalue weighted by atomic mass is 9.91. The van der Waals surface area contributed by atoms with Gasteiger partial charge in [0.1, 0.15) is 6.07 Å². The number of anilines is 1. The van der Waals surface area contributed by atoms with Crippen LogP contribution in [0.3, 0.4) is 0 Å². The zero-order valence-corrected chi connectivity index (χ0v) is 15.2. The largest absolute Gasteiger partial charge is 0.434 e. The molecule has 1 atom stereocenters. The van der Waals surface area contributed by atoms with E-state index >= 15 is 0 Å². The molecular formula is C16H19Cl2N5O2. The third kappa shape index (κ3) is 4.34. The maximum absolute atomic E-state index is 11.2. The Kier molecular flexibility index (Phi) is 6.48.